The molecule has 0 unspecified atom stereocenters. The molecule has 2 N–H and O–H groups in total. The Morgan fingerprint density at radius 2 is 2.12 bits per heavy atom. The molecule has 0 radical (unpaired) electrons. The molecule has 132 valence electrons. The molecule has 2 fully saturated rings. The number of nitrogens with zero attached hydrogens (tertiary/aromatic N) is 3. The maximum absolute atomic E-state index is 12.7. The molecule has 1 aliphatic carbocycles. The monoisotopic (exact) mass is 343 g/mol. The van der Waals surface area contributed by atoms with Gasteiger partial charge in [-0.1, -0.05) is 0 Å². The number of hydrogen-bond donors (Lipinski definition) is 2. The van der Waals surface area contributed by atoms with Crippen molar-refractivity contribution >= 4 is 11.7 Å². The van der Waals surface area contributed by atoms with E-state index >= 15 is 0 Å². The van der Waals surface area contributed by atoms with Crippen LogP contribution in [0.2, 0.25) is 0 Å². The third-order valence-electron chi connectivity index (χ3n) is 4.54. The van der Waals surface area contributed by atoms with Crippen molar-refractivity contribution in [2.24, 2.45) is 0 Å². The highest BCUT2D eigenvalue weighted by Gasteiger charge is 2.34. The molecule has 8 heteroatoms. The highest BCUT2D eigenvalue weighted by molar-refractivity contribution is 5.93. The smallest absolute Gasteiger partial charge is 0.273 e. The van der Waals surface area contributed by atoms with Crippen molar-refractivity contribution in [1.82, 2.24) is 20.3 Å². The standard InChI is InChI=1S/C17H21N5O3/c1-10-18-6-4-14(20-10)21-13-8-24-7-5-12(13)22-17(23)15-16(11-2-3-11)25-9-19-15/h4,6,9,11-13H,2-3,5,7-8H2,1H3,(H,22,23)(H,18,20,21)/t12-,13+/m0/s1. The van der Waals surface area contributed by atoms with E-state index in [1.807, 2.05) is 13.0 Å². The van der Waals surface area contributed by atoms with Gasteiger partial charge in [0.25, 0.3) is 5.91 Å². The Kier molecular flexibility index (Phi) is 4.35. The maximum Gasteiger partial charge on any atom is 0.273 e. The van der Waals surface area contributed by atoms with Crippen LogP contribution in [0.4, 0.5) is 5.82 Å². The Bertz CT molecular complexity index is 758. The molecule has 0 aromatic carbocycles. The zero-order chi connectivity index (χ0) is 17.2. The van der Waals surface area contributed by atoms with Crippen LogP contribution in [0.5, 0.6) is 0 Å². The first kappa shape index (κ1) is 16.0. The number of aromatic nitrogens is 3. The Morgan fingerprint density at radius 3 is 2.92 bits per heavy atom. The number of ether oxygens (including phenoxy) is 1. The number of anilines is 1. The van der Waals surface area contributed by atoms with Crippen molar-refractivity contribution in [3.63, 3.8) is 0 Å². The van der Waals surface area contributed by atoms with Gasteiger partial charge in [-0.15, -0.1) is 0 Å². The van der Waals surface area contributed by atoms with Crippen LogP contribution in [0, 0.1) is 6.92 Å². The second kappa shape index (κ2) is 6.79. The highest BCUT2D eigenvalue weighted by Crippen LogP contribution is 2.41. The van der Waals surface area contributed by atoms with E-state index in [9.17, 15) is 4.79 Å². The first-order chi connectivity index (χ1) is 12.2. The first-order valence-electron chi connectivity index (χ1n) is 8.59. The van der Waals surface area contributed by atoms with E-state index in [1.54, 1.807) is 6.20 Å². The molecule has 1 saturated heterocycles. The SMILES string of the molecule is Cc1nccc(N[C@@H]2COCC[C@@H]2NC(=O)c2ncoc2C2CC2)n1. The van der Waals surface area contributed by atoms with Crippen LogP contribution in [-0.4, -0.2) is 46.2 Å². The number of oxazole rings is 1. The molecule has 8 nitrogen and oxygen atoms in total. The predicted molar refractivity (Wildman–Crippen MR) is 89.3 cm³/mol. The van der Waals surface area contributed by atoms with E-state index in [0.717, 1.165) is 25.1 Å². The predicted octanol–water partition coefficient (Wildman–Crippen LogP) is 1.65. The Balaban J connectivity index is 1.45. The normalized spacial score (nSPS) is 23.2. The number of carbonyl (C=O) groups excluding carboxylic acids is 1. The van der Waals surface area contributed by atoms with Crippen molar-refractivity contribution in [3.05, 3.63) is 35.9 Å². The fourth-order valence-electron chi connectivity index (χ4n) is 3.08. The number of rotatable bonds is 5. The zero-order valence-electron chi connectivity index (χ0n) is 14.1. The van der Waals surface area contributed by atoms with Gasteiger partial charge < -0.3 is 19.8 Å². The minimum absolute atomic E-state index is 0.0664. The second-order valence-electron chi connectivity index (χ2n) is 6.52. The summed E-state index contributed by atoms with van der Waals surface area (Å²) in [6, 6.07) is 1.67. The van der Waals surface area contributed by atoms with Crippen LogP contribution in [0.1, 0.15) is 47.3 Å². The van der Waals surface area contributed by atoms with E-state index in [1.165, 1.54) is 6.39 Å². The summed E-state index contributed by atoms with van der Waals surface area (Å²) in [5, 5.41) is 6.42. The first-order valence-corrected chi connectivity index (χ1v) is 8.59. The van der Waals surface area contributed by atoms with E-state index in [4.69, 9.17) is 9.15 Å². The van der Waals surface area contributed by atoms with Crippen molar-refractivity contribution in [2.45, 2.75) is 44.2 Å². The summed E-state index contributed by atoms with van der Waals surface area (Å²) < 4.78 is 11.0. The van der Waals surface area contributed by atoms with E-state index in [-0.39, 0.29) is 18.0 Å². The van der Waals surface area contributed by atoms with Gasteiger partial charge in [-0.2, -0.15) is 0 Å². The zero-order valence-corrected chi connectivity index (χ0v) is 14.1. The molecule has 2 aromatic rings. The van der Waals surface area contributed by atoms with Gasteiger partial charge in [0.15, 0.2) is 12.1 Å². The summed E-state index contributed by atoms with van der Waals surface area (Å²) in [5.41, 5.74) is 0.408. The van der Waals surface area contributed by atoms with Gasteiger partial charge in [0, 0.05) is 18.7 Å². The molecule has 2 aliphatic rings. The number of amides is 1. The largest absolute Gasteiger partial charge is 0.447 e. The van der Waals surface area contributed by atoms with Crippen LogP contribution >= 0.6 is 0 Å². The molecule has 3 heterocycles. The van der Waals surface area contributed by atoms with Crippen molar-refractivity contribution < 1.29 is 13.9 Å². The molecule has 4 rings (SSSR count). The summed E-state index contributed by atoms with van der Waals surface area (Å²) in [6.45, 7) is 2.95. The van der Waals surface area contributed by atoms with Crippen LogP contribution < -0.4 is 10.6 Å². The van der Waals surface area contributed by atoms with Gasteiger partial charge in [-0.3, -0.25) is 4.79 Å². The Morgan fingerprint density at radius 1 is 1.24 bits per heavy atom. The van der Waals surface area contributed by atoms with E-state index < -0.39 is 0 Å². The van der Waals surface area contributed by atoms with E-state index in [0.29, 0.717) is 36.4 Å². The Labute approximate surface area is 145 Å². The molecule has 2 atom stereocenters. The fraction of sp³-hybridized carbons (Fsp3) is 0.529. The van der Waals surface area contributed by atoms with Crippen molar-refractivity contribution in [2.75, 3.05) is 18.5 Å². The molecule has 1 saturated carbocycles. The number of nitrogens with one attached hydrogen (secondary N) is 2. The number of hydrogen-bond acceptors (Lipinski definition) is 7. The molecule has 1 aliphatic heterocycles. The topological polar surface area (TPSA) is 102 Å². The molecule has 1 amide bonds. The lowest BCUT2D eigenvalue weighted by Crippen LogP contribution is -2.52. The van der Waals surface area contributed by atoms with E-state index in [2.05, 4.69) is 25.6 Å². The van der Waals surface area contributed by atoms with Crippen molar-refractivity contribution in [3.8, 4) is 0 Å². The highest BCUT2D eigenvalue weighted by atomic mass is 16.5. The fourth-order valence-corrected chi connectivity index (χ4v) is 3.08. The van der Waals surface area contributed by atoms with Crippen molar-refractivity contribution in [1.29, 1.82) is 0 Å². The average Bonchev–Trinajstić information content (AvgIpc) is 3.33. The van der Waals surface area contributed by atoms with Gasteiger partial charge >= 0.3 is 0 Å². The average molecular weight is 343 g/mol. The van der Waals surface area contributed by atoms with Crippen LogP contribution in [0.15, 0.2) is 23.1 Å². The number of carbonyl (C=O) groups is 1. The van der Waals surface area contributed by atoms with Gasteiger partial charge in [0.05, 0.1) is 18.7 Å². The minimum Gasteiger partial charge on any atom is -0.447 e. The lowest BCUT2D eigenvalue weighted by molar-refractivity contribution is 0.0617. The van der Waals surface area contributed by atoms with Gasteiger partial charge in [-0.05, 0) is 32.3 Å². The summed E-state index contributed by atoms with van der Waals surface area (Å²) in [4.78, 5) is 25.2. The summed E-state index contributed by atoms with van der Waals surface area (Å²) >= 11 is 0. The number of aryl methyl sites for hydroxylation is 1. The van der Waals surface area contributed by atoms with Crippen LogP contribution in [0.25, 0.3) is 0 Å². The second-order valence-corrected chi connectivity index (χ2v) is 6.52. The third kappa shape index (κ3) is 3.63. The minimum atomic E-state index is -0.187. The lowest BCUT2D eigenvalue weighted by atomic mass is 10.0. The summed E-state index contributed by atoms with van der Waals surface area (Å²) in [5.74, 6) is 2.28. The van der Waals surface area contributed by atoms with Gasteiger partial charge in [-0.25, -0.2) is 15.0 Å². The Hall–Kier alpha value is -2.48. The summed E-state index contributed by atoms with van der Waals surface area (Å²) in [7, 11) is 0. The molecule has 2 aromatic heterocycles. The van der Waals surface area contributed by atoms with Gasteiger partial charge in [0.1, 0.15) is 17.4 Å². The maximum atomic E-state index is 12.7. The summed E-state index contributed by atoms with van der Waals surface area (Å²) in [6.07, 6.45) is 5.91. The molecular formula is C17H21N5O3. The van der Waals surface area contributed by atoms with Gasteiger partial charge in [0.2, 0.25) is 0 Å². The lowest BCUT2D eigenvalue weighted by Gasteiger charge is -2.33. The molecular weight excluding hydrogens is 322 g/mol. The molecule has 0 bridgehead atoms. The molecule has 25 heavy (non-hydrogen) atoms. The molecule has 0 spiro atoms. The van der Waals surface area contributed by atoms with Crippen LogP contribution in [0.3, 0.4) is 0 Å². The quantitative estimate of drug-likeness (QED) is 0.851. The van der Waals surface area contributed by atoms with Crippen LogP contribution in [-0.2, 0) is 4.74 Å². The third-order valence-corrected chi connectivity index (χ3v) is 4.54.